The minimum Gasteiger partial charge on any atom is -0.454 e. The van der Waals surface area contributed by atoms with Crippen LogP contribution in [0.3, 0.4) is 0 Å². The highest BCUT2D eigenvalue weighted by molar-refractivity contribution is 6.42. The van der Waals surface area contributed by atoms with E-state index >= 15 is 0 Å². The van der Waals surface area contributed by atoms with Gasteiger partial charge in [0.05, 0.1) is 10.0 Å². The second-order valence-electron chi connectivity index (χ2n) is 5.20. The molecule has 0 unspecified atom stereocenters. The highest BCUT2D eigenvalue weighted by Crippen LogP contribution is 2.37. The quantitative estimate of drug-likeness (QED) is 0.849. The van der Waals surface area contributed by atoms with Crippen LogP contribution in [0.25, 0.3) is 0 Å². The zero-order valence-electron chi connectivity index (χ0n) is 12.5. The summed E-state index contributed by atoms with van der Waals surface area (Å²) in [5.41, 5.74) is 2.16. The average molecular weight is 352 g/mol. The van der Waals surface area contributed by atoms with Crippen LogP contribution in [0.15, 0.2) is 30.3 Å². The van der Waals surface area contributed by atoms with Gasteiger partial charge in [-0.3, -0.25) is 4.79 Å². The number of fused-ring (bicyclic) bond motifs is 1. The molecule has 0 saturated heterocycles. The summed E-state index contributed by atoms with van der Waals surface area (Å²) in [5, 5.41) is 3.67. The van der Waals surface area contributed by atoms with Crippen LogP contribution in [0, 0.1) is 0 Å². The molecule has 1 aliphatic heterocycles. The highest BCUT2D eigenvalue weighted by Gasteiger charge is 2.18. The summed E-state index contributed by atoms with van der Waals surface area (Å²) in [7, 11) is 0. The second kappa shape index (κ2) is 6.69. The Labute approximate surface area is 144 Å². The molecule has 4 nitrogen and oxygen atoms in total. The Bertz CT molecular complexity index is 762. The van der Waals surface area contributed by atoms with Gasteiger partial charge in [-0.05, 0) is 36.2 Å². The van der Waals surface area contributed by atoms with Gasteiger partial charge in [-0.25, -0.2) is 0 Å². The lowest BCUT2D eigenvalue weighted by Crippen LogP contribution is -2.13. The van der Waals surface area contributed by atoms with E-state index in [9.17, 15) is 4.79 Å². The first-order valence-electron chi connectivity index (χ1n) is 7.27. The van der Waals surface area contributed by atoms with Crippen molar-refractivity contribution in [2.45, 2.75) is 19.8 Å². The Morgan fingerprint density at radius 1 is 1.13 bits per heavy atom. The average Bonchev–Trinajstić information content (AvgIpc) is 2.97. The number of halogens is 2. The molecule has 3 rings (SSSR count). The molecule has 0 atom stereocenters. The lowest BCUT2D eigenvalue weighted by Gasteiger charge is -2.12. The van der Waals surface area contributed by atoms with Crippen molar-refractivity contribution in [2.75, 3.05) is 12.1 Å². The number of ether oxygens (including phenoxy) is 2. The fourth-order valence-electron chi connectivity index (χ4n) is 2.41. The number of amides is 1. The Morgan fingerprint density at radius 3 is 2.57 bits per heavy atom. The molecule has 0 aliphatic carbocycles. The molecule has 1 heterocycles. The molecule has 0 aromatic heterocycles. The number of carbonyl (C=O) groups is 1. The molecular weight excluding hydrogens is 337 g/mol. The zero-order valence-corrected chi connectivity index (χ0v) is 14.0. The molecule has 23 heavy (non-hydrogen) atoms. The Kier molecular flexibility index (Phi) is 4.64. The SMILES string of the molecule is CCCc1cc2c(cc1NC(=O)c1ccc(Cl)c(Cl)c1)OCO2. The van der Waals surface area contributed by atoms with Gasteiger partial charge in [0.15, 0.2) is 11.5 Å². The lowest BCUT2D eigenvalue weighted by atomic mass is 10.1. The zero-order chi connectivity index (χ0) is 16.4. The number of benzene rings is 2. The van der Waals surface area contributed by atoms with Crippen molar-refractivity contribution in [1.82, 2.24) is 0 Å². The number of hydrogen-bond donors (Lipinski definition) is 1. The van der Waals surface area contributed by atoms with Crippen LogP contribution in [-0.4, -0.2) is 12.7 Å². The minimum atomic E-state index is -0.250. The van der Waals surface area contributed by atoms with Gasteiger partial charge >= 0.3 is 0 Å². The number of carbonyl (C=O) groups excluding carboxylic acids is 1. The Hall–Kier alpha value is -1.91. The first kappa shape index (κ1) is 16.0. The Morgan fingerprint density at radius 2 is 1.87 bits per heavy atom. The van der Waals surface area contributed by atoms with Crippen LogP contribution in [0.4, 0.5) is 5.69 Å². The van der Waals surface area contributed by atoms with Crippen LogP contribution in [0.1, 0.15) is 29.3 Å². The van der Waals surface area contributed by atoms with Gasteiger partial charge in [-0.15, -0.1) is 0 Å². The van der Waals surface area contributed by atoms with Crippen molar-refractivity contribution in [3.63, 3.8) is 0 Å². The van der Waals surface area contributed by atoms with Crippen molar-refractivity contribution in [3.05, 3.63) is 51.5 Å². The van der Waals surface area contributed by atoms with Crippen molar-refractivity contribution in [3.8, 4) is 11.5 Å². The number of anilines is 1. The van der Waals surface area contributed by atoms with E-state index in [1.807, 2.05) is 6.07 Å². The summed E-state index contributed by atoms with van der Waals surface area (Å²) in [5.74, 6) is 1.09. The molecule has 1 N–H and O–H groups in total. The van der Waals surface area contributed by atoms with E-state index in [-0.39, 0.29) is 12.7 Å². The van der Waals surface area contributed by atoms with Gasteiger partial charge in [0.2, 0.25) is 6.79 Å². The summed E-state index contributed by atoms with van der Waals surface area (Å²) in [6.07, 6.45) is 1.78. The van der Waals surface area contributed by atoms with E-state index in [1.165, 1.54) is 0 Å². The molecule has 0 radical (unpaired) electrons. The number of nitrogens with one attached hydrogen (secondary N) is 1. The van der Waals surface area contributed by atoms with Crippen molar-refractivity contribution >= 4 is 34.8 Å². The van der Waals surface area contributed by atoms with Crippen molar-refractivity contribution < 1.29 is 14.3 Å². The van der Waals surface area contributed by atoms with Gasteiger partial charge in [0.1, 0.15) is 0 Å². The predicted molar refractivity (Wildman–Crippen MR) is 91.0 cm³/mol. The maximum Gasteiger partial charge on any atom is 0.255 e. The molecule has 120 valence electrons. The van der Waals surface area contributed by atoms with Crippen LogP contribution >= 0.6 is 23.2 Å². The first-order chi connectivity index (χ1) is 11.1. The number of hydrogen-bond acceptors (Lipinski definition) is 3. The monoisotopic (exact) mass is 351 g/mol. The molecule has 0 saturated carbocycles. The van der Waals surface area contributed by atoms with Crippen LogP contribution < -0.4 is 14.8 Å². The summed E-state index contributed by atoms with van der Waals surface area (Å²) in [6, 6.07) is 8.49. The smallest absolute Gasteiger partial charge is 0.255 e. The molecule has 6 heteroatoms. The van der Waals surface area contributed by atoms with Gasteiger partial charge in [0.25, 0.3) is 5.91 Å². The summed E-state index contributed by atoms with van der Waals surface area (Å²) < 4.78 is 10.8. The van der Waals surface area contributed by atoms with E-state index in [4.69, 9.17) is 32.7 Å². The third-order valence-corrected chi connectivity index (χ3v) is 4.29. The molecule has 2 aromatic rings. The predicted octanol–water partition coefficient (Wildman–Crippen LogP) is 4.93. The third kappa shape index (κ3) is 3.38. The van der Waals surface area contributed by atoms with Crippen molar-refractivity contribution in [2.24, 2.45) is 0 Å². The standard InChI is InChI=1S/C17H15Cl2NO3/c1-2-3-10-7-15-16(23-9-22-15)8-14(10)20-17(21)11-4-5-12(18)13(19)6-11/h4-8H,2-3,9H2,1H3,(H,20,21). The van der Waals surface area contributed by atoms with E-state index in [0.717, 1.165) is 18.4 Å². The molecule has 0 spiro atoms. The van der Waals surface area contributed by atoms with E-state index < -0.39 is 0 Å². The second-order valence-corrected chi connectivity index (χ2v) is 6.01. The summed E-state index contributed by atoms with van der Waals surface area (Å²) in [4.78, 5) is 12.4. The van der Waals surface area contributed by atoms with Crippen molar-refractivity contribution in [1.29, 1.82) is 0 Å². The molecule has 2 aromatic carbocycles. The Balaban J connectivity index is 1.89. The number of rotatable bonds is 4. The number of aryl methyl sites for hydroxylation is 1. The van der Waals surface area contributed by atoms with E-state index in [2.05, 4.69) is 12.2 Å². The van der Waals surface area contributed by atoms with Crippen LogP contribution in [-0.2, 0) is 6.42 Å². The maximum absolute atomic E-state index is 12.4. The molecule has 1 amide bonds. The lowest BCUT2D eigenvalue weighted by molar-refractivity contribution is 0.102. The van der Waals surface area contributed by atoms with E-state index in [1.54, 1.807) is 24.3 Å². The summed E-state index contributed by atoms with van der Waals surface area (Å²) >= 11 is 11.9. The topological polar surface area (TPSA) is 47.6 Å². The molecule has 0 fully saturated rings. The van der Waals surface area contributed by atoms with E-state index in [0.29, 0.717) is 32.8 Å². The van der Waals surface area contributed by atoms with Crippen LogP contribution in [0.2, 0.25) is 10.0 Å². The first-order valence-corrected chi connectivity index (χ1v) is 8.03. The maximum atomic E-state index is 12.4. The van der Waals surface area contributed by atoms with Gasteiger partial charge < -0.3 is 14.8 Å². The molecular formula is C17H15Cl2NO3. The third-order valence-electron chi connectivity index (χ3n) is 3.55. The normalized spacial score (nSPS) is 12.3. The molecule has 0 bridgehead atoms. The fourth-order valence-corrected chi connectivity index (χ4v) is 2.71. The van der Waals surface area contributed by atoms with Gasteiger partial charge in [-0.2, -0.15) is 0 Å². The van der Waals surface area contributed by atoms with Gasteiger partial charge in [-0.1, -0.05) is 36.5 Å². The van der Waals surface area contributed by atoms with Crippen LogP contribution in [0.5, 0.6) is 11.5 Å². The molecule has 1 aliphatic rings. The largest absolute Gasteiger partial charge is 0.454 e. The summed E-state index contributed by atoms with van der Waals surface area (Å²) in [6.45, 7) is 2.28. The highest BCUT2D eigenvalue weighted by atomic mass is 35.5. The minimum absolute atomic E-state index is 0.199. The van der Waals surface area contributed by atoms with Gasteiger partial charge in [0, 0.05) is 17.3 Å². The fraction of sp³-hybridized carbons (Fsp3) is 0.235.